The first kappa shape index (κ1) is 23.9. The quantitative estimate of drug-likeness (QED) is 0.223. The smallest absolute Gasteiger partial charge is 0.0399 e. The highest BCUT2D eigenvalue weighted by Crippen LogP contribution is 2.54. The number of hydrogen-bond donors (Lipinski definition) is 0. The first-order chi connectivity index (χ1) is 18.8. The molecule has 184 valence electrons. The average molecular weight is 489 g/mol. The van der Waals surface area contributed by atoms with Crippen LogP contribution in [0.1, 0.15) is 40.7 Å². The highest BCUT2D eigenvalue weighted by Gasteiger charge is 2.47. The molecule has 0 aliphatic heterocycles. The van der Waals surface area contributed by atoms with Crippen molar-refractivity contribution in [3.8, 4) is 0 Å². The van der Waals surface area contributed by atoms with Gasteiger partial charge in [0.2, 0.25) is 0 Å². The molecule has 0 aromatic heterocycles. The Balaban J connectivity index is 1.64. The van der Waals surface area contributed by atoms with Crippen LogP contribution < -0.4 is 0 Å². The molecule has 5 aromatic carbocycles. The molecular weight excluding hydrogens is 456 g/mol. The Hall–Kier alpha value is -4.42. The second kappa shape index (κ2) is 10.5. The van der Waals surface area contributed by atoms with Gasteiger partial charge in [0.05, 0.1) is 0 Å². The van der Waals surface area contributed by atoms with E-state index in [-0.39, 0.29) is 10.8 Å². The van der Waals surface area contributed by atoms with E-state index < -0.39 is 0 Å². The van der Waals surface area contributed by atoms with Gasteiger partial charge in [0.15, 0.2) is 0 Å². The molecule has 0 spiro atoms. The van der Waals surface area contributed by atoms with Gasteiger partial charge in [0, 0.05) is 10.8 Å². The minimum absolute atomic E-state index is 0.195. The number of hydrogen-bond acceptors (Lipinski definition) is 0. The Kier molecular flexibility index (Phi) is 6.63. The van der Waals surface area contributed by atoms with Crippen molar-refractivity contribution in [3.05, 3.63) is 197 Å². The molecule has 38 heavy (non-hydrogen) atoms. The summed E-state index contributed by atoms with van der Waals surface area (Å²) in [4.78, 5) is 0. The number of rotatable bonds is 6. The Labute approximate surface area is 226 Å². The van der Waals surface area contributed by atoms with E-state index in [9.17, 15) is 0 Å². The minimum Gasteiger partial charge on any atom is -0.0663 e. The minimum atomic E-state index is -0.289. The van der Waals surface area contributed by atoms with E-state index in [1.807, 2.05) is 0 Å². The van der Waals surface area contributed by atoms with E-state index >= 15 is 0 Å². The van der Waals surface area contributed by atoms with Crippen LogP contribution in [0, 0.1) is 0 Å². The van der Waals surface area contributed by atoms with E-state index in [0.29, 0.717) is 0 Å². The van der Waals surface area contributed by atoms with Crippen molar-refractivity contribution >= 4 is 6.08 Å². The van der Waals surface area contributed by atoms with Crippen molar-refractivity contribution < 1.29 is 0 Å². The molecule has 0 nitrogen and oxygen atoms in total. The Morgan fingerprint density at radius 1 is 0.421 bits per heavy atom. The summed E-state index contributed by atoms with van der Waals surface area (Å²) in [6, 6.07) is 55.0. The van der Waals surface area contributed by atoms with Gasteiger partial charge >= 0.3 is 0 Å². The van der Waals surface area contributed by atoms with Crippen LogP contribution in [0.3, 0.4) is 0 Å². The van der Waals surface area contributed by atoms with E-state index in [0.717, 1.165) is 12.8 Å². The second-order valence-corrected chi connectivity index (χ2v) is 10.3. The predicted octanol–water partition coefficient (Wildman–Crippen LogP) is 9.39. The summed E-state index contributed by atoms with van der Waals surface area (Å²) in [6.07, 6.45) is 9.03. The van der Waals surface area contributed by atoms with Crippen LogP contribution in [-0.4, -0.2) is 0 Å². The van der Waals surface area contributed by atoms with E-state index in [2.05, 4.69) is 170 Å². The van der Waals surface area contributed by atoms with Crippen LogP contribution in [0.5, 0.6) is 0 Å². The van der Waals surface area contributed by atoms with Gasteiger partial charge in [-0.3, -0.25) is 0 Å². The molecule has 0 heteroatoms. The Morgan fingerprint density at radius 3 is 1.26 bits per heavy atom. The lowest BCUT2D eigenvalue weighted by Crippen LogP contribution is -2.42. The van der Waals surface area contributed by atoms with Crippen LogP contribution in [0.2, 0.25) is 0 Å². The lowest BCUT2D eigenvalue weighted by molar-refractivity contribution is 0.370. The third-order valence-electron chi connectivity index (χ3n) is 8.04. The molecule has 5 aromatic rings. The van der Waals surface area contributed by atoms with Gasteiger partial charge in [-0.1, -0.05) is 170 Å². The van der Waals surface area contributed by atoms with Gasteiger partial charge in [-0.05, 0) is 46.2 Å². The predicted molar refractivity (Wildman–Crippen MR) is 160 cm³/mol. The Bertz CT molecular complexity index is 1430. The van der Waals surface area contributed by atoms with Crippen molar-refractivity contribution in [2.24, 2.45) is 0 Å². The van der Waals surface area contributed by atoms with Crippen molar-refractivity contribution in [1.29, 1.82) is 0 Å². The molecule has 1 aliphatic carbocycles. The fourth-order valence-corrected chi connectivity index (χ4v) is 6.28. The molecule has 1 aliphatic rings. The maximum absolute atomic E-state index is 2.54. The lowest BCUT2D eigenvalue weighted by atomic mass is 9.54. The molecule has 6 rings (SSSR count). The maximum atomic E-state index is 2.54. The van der Waals surface area contributed by atoms with Crippen molar-refractivity contribution in [2.75, 3.05) is 0 Å². The topological polar surface area (TPSA) is 0 Å². The molecule has 0 saturated heterocycles. The molecule has 0 bridgehead atoms. The van der Waals surface area contributed by atoms with Crippen LogP contribution in [0.4, 0.5) is 0 Å². The average Bonchev–Trinajstić information content (AvgIpc) is 3.02. The first-order valence-corrected chi connectivity index (χ1v) is 13.5. The van der Waals surface area contributed by atoms with Crippen LogP contribution in [-0.2, 0) is 10.8 Å². The largest absolute Gasteiger partial charge is 0.0663 e. The summed E-state index contributed by atoms with van der Waals surface area (Å²) in [7, 11) is 0. The SMILES string of the molecule is C1=C(/C=C/c2ccccc2)CC(c2ccccc2)(c2ccccc2)CC1(c1ccccc1)c1ccccc1. The van der Waals surface area contributed by atoms with Gasteiger partial charge in [0.25, 0.3) is 0 Å². The zero-order valence-electron chi connectivity index (χ0n) is 21.6. The first-order valence-electron chi connectivity index (χ1n) is 13.5. The third kappa shape index (κ3) is 4.55. The second-order valence-electron chi connectivity index (χ2n) is 10.3. The van der Waals surface area contributed by atoms with E-state index in [1.54, 1.807) is 0 Å². The van der Waals surface area contributed by atoms with Crippen molar-refractivity contribution in [1.82, 2.24) is 0 Å². The van der Waals surface area contributed by atoms with Crippen LogP contribution in [0.25, 0.3) is 6.08 Å². The fraction of sp³-hybridized carbons (Fsp3) is 0.105. The standard InChI is InChI=1S/C38H32/c1-6-16-31(17-7-1)26-27-32-28-37(33-18-8-2-9-19-33,34-20-10-3-11-21-34)30-38(29-32,35-22-12-4-13-23-35)36-24-14-5-15-25-36/h1-28H,29-30H2/b27-26+. The van der Waals surface area contributed by atoms with Crippen molar-refractivity contribution in [3.63, 3.8) is 0 Å². The third-order valence-corrected chi connectivity index (χ3v) is 8.04. The monoisotopic (exact) mass is 488 g/mol. The van der Waals surface area contributed by atoms with Gasteiger partial charge in [-0.15, -0.1) is 0 Å². The molecule has 0 amide bonds. The molecule has 0 atom stereocenters. The van der Waals surface area contributed by atoms with Gasteiger partial charge in [-0.2, -0.15) is 0 Å². The molecular formula is C38H32. The number of benzene rings is 5. The highest BCUT2D eigenvalue weighted by molar-refractivity contribution is 5.59. The number of allylic oxidation sites excluding steroid dienone is 3. The van der Waals surface area contributed by atoms with Crippen LogP contribution in [0.15, 0.2) is 169 Å². The Morgan fingerprint density at radius 2 is 0.816 bits per heavy atom. The van der Waals surface area contributed by atoms with E-state index in [4.69, 9.17) is 0 Å². The van der Waals surface area contributed by atoms with E-state index in [1.165, 1.54) is 33.4 Å². The maximum Gasteiger partial charge on any atom is 0.0399 e. The van der Waals surface area contributed by atoms with Gasteiger partial charge < -0.3 is 0 Å². The highest BCUT2D eigenvalue weighted by atomic mass is 14.5. The van der Waals surface area contributed by atoms with Crippen molar-refractivity contribution in [2.45, 2.75) is 23.7 Å². The molecule has 0 heterocycles. The van der Waals surface area contributed by atoms with Gasteiger partial charge in [0.1, 0.15) is 0 Å². The molecule has 0 unspecified atom stereocenters. The zero-order chi connectivity index (χ0) is 25.7. The summed E-state index contributed by atoms with van der Waals surface area (Å²) in [5, 5.41) is 0. The fourth-order valence-electron chi connectivity index (χ4n) is 6.28. The summed E-state index contributed by atoms with van der Waals surface area (Å²) in [5.41, 5.74) is 7.46. The molecule has 0 radical (unpaired) electrons. The molecule has 0 saturated carbocycles. The van der Waals surface area contributed by atoms with Crippen LogP contribution >= 0.6 is 0 Å². The lowest BCUT2D eigenvalue weighted by Gasteiger charge is -2.48. The zero-order valence-corrected chi connectivity index (χ0v) is 21.6. The molecule has 0 N–H and O–H groups in total. The van der Waals surface area contributed by atoms with Gasteiger partial charge in [-0.25, -0.2) is 0 Å². The summed E-state index contributed by atoms with van der Waals surface area (Å²) >= 11 is 0. The molecule has 0 fully saturated rings. The normalized spacial score (nSPS) is 16.2. The summed E-state index contributed by atoms with van der Waals surface area (Å²) in [5.74, 6) is 0. The summed E-state index contributed by atoms with van der Waals surface area (Å²) in [6.45, 7) is 0. The summed E-state index contributed by atoms with van der Waals surface area (Å²) < 4.78 is 0.